The van der Waals surface area contributed by atoms with E-state index in [0.29, 0.717) is 11.8 Å². The van der Waals surface area contributed by atoms with E-state index in [1.54, 1.807) is 0 Å². The normalized spacial score (nSPS) is 39.4. The Labute approximate surface area is 91.7 Å². The van der Waals surface area contributed by atoms with Crippen molar-refractivity contribution >= 4 is 11.8 Å². The molecule has 1 fully saturated rings. The molecule has 3 unspecified atom stereocenters. The first-order valence-corrected chi connectivity index (χ1v) is 6.52. The van der Waals surface area contributed by atoms with Crippen molar-refractivity contribution in [2.45, 2.75) is 13.8 Å². The average Bonchev–Trinajstić information content (AvgIpc) is 2.14. The zero-order chi connectivity index (χ0) is 10.8. The molecule has 0 radical (unpaired) electrons. The van der Waals surface area contributed by atoms with E-state index in [2.05, 4.69) is 38.1 Å². The summed E-state index contributed by atoms with van der Waals surface area (Å²) in [5.41, 5.74) is -0.129. The standard InChI is InChI=1S/C11H20N2S/c1-9-5-13(3)6-10(7-14-4)11(9,2)8-12/h9-10H,5-7H2,1-4H3. The van der Waals surface area contributed by atoms with Crippen molar-refractivity contribution in [3.63, 3.8) is 0 Å². The summed E-state index contributed by atoms with van der Waals surface area (Å²) in [7, 11) is 2.15. The van der Waals surface area contributed by atoms with Gasteiger partial charge in [-0.2, -0.15) is 17.0 Å². The summed E-state index contributed by atoms with van der Waals surface area (Å²) in [6, 6.07) is 2.55. The fourth-order valence-corrected chi connectivity index (χ4v) is 3.18. The second-order valence-corrected chi connectivity index (χ2v) is 5.58. The lowest BCUT2D eigenvalue weighted by atomic mass is 9.67. The van der Waals surface area contributed by atoms with Crippen LogP contribution in [0.5, 0.6) is 0 Å². The molecular weight excluding hydrogens is 192 g/mol. The lowest BCUT2D eigenvalue weighted by Gasteiger charge is -2.45. The van der Waals surface area contributed by atoms with E-state index in [1.165, 1.54) is 0 Å². The highest BCUT2D eigenvalue weighted by atomic mass is 32.2. The first-order chi connectivity index (χ1) is 6.54. The van der Waals surface area contributed by atoms with Gasteiger partial charge in [-0.15, -0.1) is 0 Å². The summed E-state index contributed by atoms with van der Waals surface area (Å²) in [5, 5.41) is 9.33. The van der Waals surface area contributed by atoms with E-state index in [1.807, 2.05) is 11.8 Å². The minimum Gasteiger partial charge on any atom is -0.306 e. The van der Waals surface area contributed by atoms with Gasteiger partial charge in [-0.1, -0.05) is 6.92 Å². The third-order valence-electron chi connectivity index (χ3n) is 3.60. The summed E-state index contributed by atoms with van der Waals surface area (Å²) in [5.74, 6) is 2.08. The molecule has 0 aromatic rings. The lowest BCUT2D eigenvalue weighted by molar-refractivity contribution is 0.0618. The van der Waals surface area contributed by atoms with Crippen molar-refractivity contribution < 1.29 is 0 Å². The largest absolute Gasteiger partial charge is 0.306 e. The van der Waals surface area contributed by atoms with Crippen LogP contribution < -0.4 is 0 Å². The fraction of sp³-hybridized carbons (Fsp3) is 0.909. The Kier molecular flexibility index (Phi) is 3.86. The van der Waals surface area contributed by atoms with Gasteiger partial charge in [-0.25, -0.2) is 0 Å². The predicted octanol–water partition coefficient (Wildman–Crippen LogP) is 2.08. The maximum absolute atomic E-state index is 9.33. The van der Waals surface area contributed by atoms with Crippen LogP contribution in [0.1, 0.15) is 13.8 Å². The van der Waals surface area contributed by atoms with E-state index in [0.717, 1.165) is 18.8 Å². The van der Waals surface area contributed by atoms with Gasteiger partial charge in [0.25, 0.3) is 0 Å². The molecule has 2 nitrogen and oxygen atoms in total. The molecule has 0 aliphatic carbocycles. The Hall–Kier alpha value is -0.200. The van der Waals surface area contributed by atoms with Crippen molar-refractivity contribution in [1.29, 1.82) is 5.26 Å². The highest BCUT2D eigenvalue weighted by molar-refractivity contribution is 7.98. The summed E-state index contributed by atoms with van der Waals surface area (Å²) < 4.78 is 0. The quantitative estimate of drug-likeness (QED) is 0.701. The summed E-state index contributed by atoms with van der Waals surface area (Å²) in [6.45, 7) is 6.45. The Balaban J connectivity index is 2.82. The smallest absolute Gasteiger partial charge is 0.0693 e. The molecule has 3 atom stereocenters. The number of hydrogen-bond acceptors (Lipinski definition) is 3. The summed E-state index contributed by atoms with van der Waals surface area (Å²) >= 11 is 1.85. The van der Waals surface area contributed by atoms with Crippen molar-refractivity contribution in [1.82, 2.24) is 4.90 Å². The number of piperidine rings is 1. The number of likely N-dealkylation sites (tertiary alicyclic amines) is 1. The molecule has 0 aromatic heterocycles. The number of nitriles is 1. The van der Waals surface area contributed by atoms with E-state index in [-0.39, 0.29) is 5.41 Å². The number of hydrogen-bond donors (Lipinski definition) is 0. The molecule has 1 aliphatic heterocycles. The molecule has 0 spiro atoms. The van der Waals surface area contributed by atoms with Crippen LogP contribution in [0.25, 0.3) is 0 Å². The molecule has 1 aliphatic rings. The van der Waals surface area contributed by atoms with Crippen molar-refractivity contribution in [2.75, 3.05) is 32.1 Å². The Morgan fingerprint density at radius 3 is 2.71 bits per heavy atom. The predicted molar refractivity (Wildman–Crippen MR) is 62.3 cm³/mol. The van der Waals surface area contributed by atoms with E-state index >= 15 is 0 Å². The van der Waals surface area contributed by atoms with Gasteiger partial charge in [0.15, 0.2) is 0 Å². The molecular formula is C11H20N2S. The maximum Gasteiger partial charge on any atom is 0.0693 e. The van der Waals surface area contributed by atoms with E-state index in [4.69, 9.17) is 0 Å². The first kappa shape index (κ1) is 11.9. The van der Waals surface area contributed by atoms with Crippen LogP contribution in [0.3, 0.4) is 0 Å². The Morgan fingerprint density at radius 1 is 1.57 bits per heavy atom. The third kappa shape index (κ3) is 2.07. The van der Waals surface area contributed by atoms with Gasteiger partial charge < -0.3 is 4.90 Å². The summed E-state index contributed by atoms with van der Waals surface area (Å²) in [4.78, 5) is 2.35. The van der Waals surface area contributed by atoms with Crippen molar-refractivity contribution in [2.24, 2.45) is 17.3 Å². The van der Waals surface area contributed by atoms with Gasteiger partial charge in [0, 0.05) is 13.1 Å². The van der Waals surface area contributed by atoms with E-state index < -0.39 is 0 Å². The molecule has 0 bridgehead atoms. The van der Waals surface area contributed by atoms with Crippen LogP contribution in [0, 0.1) is 28.6 Å². The number of nitrogens with zero attached hydrogens (tertiary/aromatic N) is 2. The van der Waals surface area contributed by atoms with Crippen LogP contribution in [0.4, 0.5) is 0 Å². The highest BCUT2D eigenvalue weighted by Gasteiger charge is 2.43. The first-order valence-electron chi connectivity index (χ1n) is 5.13. The van der Waals surface area contributed by atoms with E-state index in [9.17, 15) is 5.26 Å². The highest BCUT2D eigenvalue weighted by Crippen LogP contribution is 2.40. The van der Waals surface area contributed by atoms with Crippen molar-refractivity contribution in [3.05, 3.63) is 0 Å². The molecule has 1 heterocycles. The van der Waals surface area contributed by atoms with Gasteiger partial charge in [-0.3, -0.25) is 0 Å². The monoisotopic (exact) mass is 212 g/mol. The molecule has 0 aromatic carbocycles. The number of rotatable bonds is 2. The lowest BCUT2D eigenvalue weighted by Crippen LogP contribution is -2.50. The topological polar surface area (TPSA) is 27.0 Å². The van der Waals surface area contributed by atoms with Crippen molar-refractivity contribution in [3.8, 4) is 6.07 Å². The average molecular weight is 212 g/mol. The maximum atomic E-state index is 9.33. The second kappa shape index (κ2) is 4.55. The minimum absolute atomic E-state index is 0.129. The molecule has 3 heteroatoms. The molecule has 0 amide bonds. The third-order valence-corrected chi connectivity index (χ3v) is 4.33. The SMILES string of the molecule is CSCC1CN(C)CC(C)C1(C)C#N. The zero-order valence-corrected chi connectivity index (χ0v) is 10.4. The fourth-order valence-electron chi connectivity index (χ4n) is 2.33. The molecule has 0 N–H and O–H groups in total. The van der Waals surface area contributed by atoms with Gasteiger partial charge >= 0.3 is 0 Å². The van der Waals surface area contributed by atoms with Gasteiger partial charge in [0.05, 0.1) is 11.5 Å². The Bertz CT molecular complexity index is 236. The molecule has 0 saturated carbocycles. The molecule has 1 saturated heterocycles. The van der Waals surface area contributed by atoms with Gasteiger partial charge in [-0.05, 0) is 37.8 Å². The summed E-state index contributed by atoms with van der Waals surface area (Å²) in [6.07, 6.45) is 2.12. The van der Waals surface area contributed by atoms with Crippen LogP contribution in [-0.2, 0) is 0 Å². The van der Waals surface area contributed by atoms with Crippen LogP contribution in [-0.4, -0.2) is 37.0 Å². The van der Waals surface area contributed by atoms with Crippen LogP contribution >= 0.6 is 11.8 Å². The van der Waals surface area contributed by atoms with Gasteiger partial charge in [0.1, 0.15) is 0 Å². The minimum atomic E-state index is -0.129. The molecule has 1 rings (SSSR count). The molecule has 14 heavy (non-hydrogen) atoms. The molecule has 80 valence electrons. The number of thioether (sulfide) groups is 1. The zero-order valence-electron chi connectivity index (χ0n) is 9.58. The van der Waals surface area contributed by atoms with Gasteiger partial charge in [0.2, 0.25) is 0 Å². The van der Waals surface area contributed by atoms with Crippen LogP contribution in [0.2, 0.25) is 0 Å². The van der Waals surface area contributed by atoms with Crippen LogP contribution in [0.15, 0.2) is 0 Å². The second-order valence-electron chi connectivity index (χ2n) is 4.67. The Morgan fingerprint density at radius 2 is 2.21 bits per heavy atom.